The Bertz CT molecular complexity index is 493. The van der Waals surface area contributed by atoms with Crippen molar-refractivity contribution < 1.29 is 9.00 Å². The largest absolute Gasteiger partial charge is 0.318 e. The maximum Gasteiger partial charge on any atom is 0.241 e. The standard InChI is InChI=1S/C14H20N2O2S2/c1-2-11-14(17)16(10-5-8-20(18)9-6-10)13(15-11)12-4-3-7-19-12/h3-4,7,10-11,13,15H,2,5-6,8-9H2,1H3. The van der Waals surface area contributed by atoms with Crippen LogP contribution in [0.3, 0.4) is 0 Å². The Balaban J connectivity index is 1.84. The van der Waals surface area contributed by atoms with Gasteiger partial charge in [0.05, 0.1) is 6.04 Å². The first-order chi connectivity index (χ1) is 9.70. The second-order valence-electron chi connectivity index (χ2n) is 5.37. The molecule has 1 aromatic heterocycles. The van der Waals surface area contributed by atoms with Crippen LogP contribution < -0.4 is 5.32 Å². The molecule has 0 radical (unpaired) electrons. The molecular formula is C14H20N2O2S2. The van der Waals surface area contributed by atoms with Crippen molar-refractivity contribution in [2.24, 2.45) is 0 Å². The second kappa shape index (κ2) is 5.95. The minimum absolute atomic E-state index is 0.00369. The van der Waals surface area contributed by atoms with Crippen LogP contribution in [0, 0.1) is 0 Å². The molecule has 1 aromatic rings. The van der Waals surface area contributed by atoms with Gasteiger partial charge in [0.2, 0.25) is 5.91 Å². The van der Waals surface area contributed by atoms with Gasteiger partial charge in [0.25, 0.3) is 0 Å². The van der Waals surface area contributed by atoms with E-state index < -0.39 is 10.8 Å². The van der Waals surface area contributed by atoms with Gasteiger partial charge in [-0.25, -0.2) is 0 Å². The van der Waals surface area contributed by atoms with Gasteiger partial charge in [-0.2, -0.15) is 0 Å². The second-order valence-corrected chi connectivity index (χ2v) is 8.05. The molecule has 110 valence electrons. The smallest absolute Gasteiger partial charge is 0.241 e. The van der Waals surface area contributed by atoms with Crippen LogP contribution in [0.15, 0.2) is 17.5 Å². The van der Waals surface area contributed by atoms with Crippen LogP contribution in [0.5, 0.6) is 0 Å². The predicted octanol–water partition coefficient (Wildman–Crippen LogP) is 1.87. The zero-order valence-corrected chi connectivity index (χ0v) is 13.2. The van der Waals surface area contributed by atoms with Crippen molar-refractivity contribution in [3.05, 3.63) is 22.4 Å². The fraction of sp³-hybridized carbons (Fsp3) is 0.643. The van der Waals surface area contributed by atoms with Crippen LogP contribution in [0.1, 0.15) is 37.2 Å². The lowest BCUT2D eigenvalue weighted by atomic mass is 10.1. The number of amides is 1. The van der Waals surface area contributed by atoms with Crippen molar-refractivity contribution in [2.75, 3.05) is 11.5 Å². The highest BCUT2D eigenvalue weighted by Crippen LogP contribution is 2.34. The van der Waals surface area contributed by atoms with Crippen molar-refractivity contribution in [1.82, 2.24) is 10.2 Å². The third-order valence-corrected chi connectivity index (χ3v) is 6.47. The van der Waals surface area contributed by atoms with E-state index in [0.717, 1.165) is 30.8 Å². The lowest BCUT2D eigenvalue weighted by molar-refractivity contribution is -0.132. The molecule has 1 amide bonds. The van der Waals surface area contributed by atoms with Crippen molar-refractivity contribution in [3.8, 4) is 0 Å². The number of rotatable bonds is 3. The number of carbonyl (C=O) groups is 1. The van der Waals surface area contributed by atoms with Crippen LogP contribution >= 0.6 is 11.3 Å². The summed E-state index contributed by atoms with van der Waals surface area (Å²) in [6, 6.07) is 4.27. The van der Waals surface area contributed by atoms with Gasteiger partial charge in [0, 0.05) is 33.2 Å². The maximum absolute atomic E-state index is 12.6. The van der Waals surface area contributed by atoms with E-state index in [-0.39, 0.29) is 24.2 Å². The number of hydrogen-bond donors (Lipinski definition) is 1. The minimum atomic E-state index is -0.687. The van der Waals surface area contributed by atoms with Crippen LogP contribution in [0.2, 0.25) is 0 Å². The molecule has 4 nitrogen and oxygen atoms in total. The van der Waals surface area contributed by atoms with Crippen molar-refractivity contribution >= 4 is 28.0 Å². The van der Waals surface area contributed by atoms with E-state index in [1.165, 1.54) is 4.88 Å². The Labute approximate surface area is 126 Å². The van der Waals surface area contributed by atoms with Crippen molar-refractivity contribution in [3.63, 3.8) is 0 Å². The summed E-state index contributed by atoms with van der Waals surface area (Å²) in [6.07, 6.45) is 2.54. The van der Waals surface area contributed by atoms with E-state index in [9.17, 15) is 9.00 Å². The molecular weight excluding hydrogens is 292 g/mol. The van der Waals surface area contributed by atoms with Crippen molar-refractivity contribution in [1.29, 1.82) is 0 Å². The summed E-state index contributed by atoms with van der Waals surface area (Å²) in [4.78, 5) is 15.8. The van der Waals surface area contributed by atoms with Gasteiger partial charge in [-0.15, -0.1) is 11.3 Å². The lowest BCUT2D eigenvalue weighted by Gasteiger charge is -2.34. The topological polar surface area (TPSA) is 49.4 Å². The molecule has 1 N–H and O–H groups in total. The number of thiophene rings is 1. The third kappa shape index (κ3) is 2.56. The Morgan fingerprint density at radius 1 is 1.45 bits per heavy atom. The highest BCUT2D eigenvalue weighted by atomic mass is 32.2. The SMILES string of the molecule is CCC1NC(c2cccs2)N(C2CCS(=O)CC2)C1=O. The number of hydrogen-bond acceptors (Lipinski definition) is 4. The minimum Gasteiger partial charge on any atom is -0.318 e. The van der Waals surface area contributed by atoms with Crippen LogP contribution in [0.4, 0.5) is 0 Å². The molecule has 6 heteroatoms. The highest BCUT2D eigenvalue weighted by Gasteiger charge is 2.43. The molecule has 2 aliphatic rings. The first-order valence-electron chi connectivity index (χ1n) is 7.17. The fourth-order valence-electron chi connectivity index (χ4n) is 3.06. The van der Waals surface area contributed by atoms with Gasteiger partial charge in [-0.3, -0.25) is 14.3 Å². The summed E-state index contributed by atoms with van der Waals surface area (Å²) in [7, 11) is -0.687. The van der Waals surface area contributed by atoms with E-state index in [4.69, 9.17) is 0 Å². The van der Waals surface area contributed by atoms with E-state index in [1.807, 2.05) is 17.9 Å². The Kier molecular flexibility index (Phi) is 4.23. The summed E-state index contributed by atoms with van der Waals surface area (Å²) < 4.78 is 11.5. The summed E-state index contributed by atoms with van der Waals surface area (Å²) >= 11 is 1.69. The number of carbonyl (C=O) groups excluding carboxylic acids is 1. The first-order valence-corrected chi connectivity index (χ1v) is 9.54. The molecule has 0 aliphatic carbocycles. The lowest BCUT2D eigenvalue weighted by Crippen LogP contribution is -2.43. The molecule has 3 rings (SSSR count). The molecule has 0 saturated carbocycles. The summed E-state index contributed by atoms with van der Waals surface area (Å²) in [5, 5.41) is 5.51. The van der Waals surface area contributed by atoms with E-state index in [2.05, 4.69) is 16.8 Å². The predicted molar refractivity (Wildman–Crippen MR) is 82.0 cm³/mol. The monoisotopic (exact) mass is 312 g/mol. The van der Waals surface area contributed by atoms with E-state index in [1.54, 1.807) is 11.3 Å². The third-order valence-electron chi connectivity index (χ3n) is 4.16. The Morgan fingerprint density at radius 2 is 2.20 bits per heavy atom. The first kappa shape index (κ1) is 14.2. The van der Waals surface area contributed by atoms with Gasteiger partial charge in [0.15, 0.2) is 0 Å². The fourth-order valence-corrected chi connectivity index (χ4v) is 5.11. The van der Waals surface area contributed by atoms with Crippen LogP contribution in [-0.2, 0) is 15.6 Å². The van der Waals surface area contributed by atoms with Gasteiger partial charge in [0.1, 0.15) is 6.17 Å². The molecule has 20 heavy (non-hydrogen) atoms. The molecule has 2 aliphatic heterocycles. The average Bonchev–Trinajstić information content (AvgIpc) is 3.07. The van der Waals surface area contributed by atoms with Crippen LogP contribution in [-0.4, -0.2) is 38.6 Å². The molecule has 2 unspecified atom stereocenters. The Morgan fingerprint density at radius 3 is 2.80 bits per heavy atom. The van der Waals surface area contributed by atoms with Crippen molar-refractivity contribution in [2.45, 2.75) is 44.4 Å². The summed E-state index contributed by atoms with van der Waals surface area (Å²) in [5.74, 6) is 1.66. The van der Waals surface area contributed by atoms with Gasteiger partial charge < -0.3 is 4.90 Å². The molecule has 2 atom stereocenters. The molecule has 2 saturated heterocycles. The zero-order valence-electron chi connectivity index (χ0n) is 11.6. The van der Waals surface area contributed by atoms with E-state index >= 15 is 0 Å². The summed E-state index contributed by atoms with van der Waals surface area (Å²) in [6.45, 7) is 2.04. The number of nitrogens with one attached hydrogen (secondary N) is 1. The highest BCUT2D eigenvalue weighted by molar-refractivity contribution is 7.85. The average molecular weight is 312 g/mol. The van der Waals surface area contributed by atoms with Gasteiger partial charge in [-0.05, 0) is 30.7 Å². The molecule has 0 spiro atoms. The zero-order chi connectivity index (χ0) is 14.1. The normalized spacial score (nSPS) is 34.6. The van der Waals surface area contributed by atoms with Crippen LogP contribution in [0.25, 0.3) is 0 Å². The molecule has 0 bridgehead atoms. The Hall–Kier alpha value is -0.720. The quantitative estimate of drug-likeness (QED) is 0.927. The molecule has 0 aromatic carbocycles. The molecule has 3 heterocycles. The summed E-state index contributed by atoms with van der Waals surface area (Å²) in [5.41, 5.74) is 0. The number of nitrogens with zero attached hydrogens (tertiary/aromatic N) is 1. The molecule has 2 fully saturated rings. The van der Waals surface area contributed by atoms with Gasteiger partial charge in [-0.1, -0.05) is 13.0 Å². The van der Waals surface area contributed by atoms with Gasteiger partial charge >= 0.3 is 0 Å². The van der Waals surface area contributed by atoms with E-state index in [0.29, 0.717) is 0 Å². The maximum atomic E-state index is 12.6.